The Hall–Kier alpha value is -3.16. The van der Waals surface area contributed by atoms with Crippen LogP contribution >= 0.6 is 23.2 Å². The van der Waals surface area contributed by atoms with Crippen LogP contribution < -0.4 is 16.0 Å². The lowest BCUT2D eigenvalue weighted by Crippen LogP contribution is -2.22. The minimum absolute atomic E-state index is 0.0232. The molecule has 0 spiro atoms. The van der Waals surface area contributed by atoms with Crippen molar-refractivity contribution in [1.29, 1.82) is 0 Å². The highest BCUT2D eigenvalue weighted by Gasteiger charge is 2.20. The van der Waals surface area contributed by atoms with Gasteiger partial charge in [-0.2, -0.15) is 9.97 Å². The standard InChI is InChI=1S/C19H13Cl2N5O2/c1-28-17-12-8-11(15-13(20)5-2-6-14(15)21)18(27)26(10-4-3-7-23-9-10)16(12)24-19(22)25-17/h2-9H,1H3,(H2,22,24,25). The predicted molar refractivity (Wildman–Crippen MR) is 109 cm³/mol. The van der Waals surface area contributed by atoms with Crippen LogP contribution in [0.3, 0.4) is 0 Å². The van der Waals surface area contributed by atoms with Crippen molar-refractivity contribution in [3.05, 3.63) is 69.2 Å². The van der Waals surface area contributed by atoms with E-state index in [9.17, 15) is 4.79 Å². The fourth-order valence-corrected chi connectivity index (χ4v) is 3.59. The summed E-state index contributed by atoms with van der Waals surface area (Å²) < 4.78 is 6.75. The second-order valence-corrected chi connectivity index (χ2v) is 6.65. The normalized spacial score (nSPS) is 11.0. The second-order valence-electron chi connectivity index (χ2n) is 5.83. The second kappa shape index (κ2) is 7.10. The number of halogens is 2. The minimum atomic E-state index is -0.379. The van der Waals surface area contributed by atoms with Gasteiger partial charge in [0.1, 0.15) is 0 Å². The summed E-state index contributed by atoms with van der Waals surface area (Å²) in [5.41, 5.74) is 6.92. The summed E-state index contributed by atoms with van der Waals surface area (Å²) in [6.07, 6.45) is 3.15. The number of nitrogen functional groups attached to an aromatic ring is 1. The molecule has 0 aliphatic carbocycles. The Kier molecular flexibility index (Phi) is 4.62. The first-order valence-electron chi connectivity index (χ1n) is 8.13. The van der Waals surface area contributed by atoms with Gasteiger partial charge in [0.15, 0.2) is 5.65 Å². The SMILES string of the molecule is COc1nc(N)nc2c1cc(-c1c(Cl)cccc1Cl)c(=O)n2-c1cccnc1. The van der Waals surface area contributed by atoms with Crippen LogP contribution in [0.15, 0.2) is 53.6 Å². The molecule has 0 fully saturated rings. The van der Waals surface area contributed by atoms with Crippen molar-refractivity contribution in [2.24, 2.45) is 0 Å². The Balaban J connectivity index is 2.22. The van der Waals surface area contributed by atoms with Crippen LogP contribution in [0.1, 0.15) is 0 Å². The molecule has 140 valence electrons. The van der Waals surface area contributed by atoms with Gasteiger partial charge in [-0.15, -0.1) is 0 Å². The number of methoxy groups -OCH3 is 1. The molecule has 4 rings (SSSR count). The van der Waals surface area contributed by atoms with Gasteiger partial charge in [-0.05, 0) is 30.3 Å². The third-order valence-electron chi connectivity index (χ3n) is 4.17. The smallest absolute Gasteiger partial charge is 0.264 e. The molecule has 0 aliphatic rings. The number of aromatic nitrogens is 4. The lowest BCUT2D eigenvalue weighted by atomic mass is 10.1. The van der Waals surface area contributed by atoms with Crippen molar-refractivity contribution < 1.29 is 4.74 Å². The van der Waals surface area contributed by atoms with Gasteiger partial charge in [0.25, 0.3) is 5.56 Å². The molecule has 0 saturated carbocycles. The van der Waals surface area contributed by atoms with Crippen LogP contribution in [-0.4, -0.2) is 26.6 Å². The van der Waals surface area contributed by atoms with Gasteiger partial charge in [-0.25, -0.2) is 0 Å². The molecule has 0 aliphatic heterocycles. The van der Waals surface area contributed by atoms with Crippen molar-refractivity contribution in [3.63, 3.8) is 0 Å². The first-order valence-corrected chi connectivity index (χ1v) is 8.89. The number of hydrogen-bond acceptors (Lipinski definition) is 6. The summed E-state index contributed by atoms with van der Waals surface area (Å²) in [5.74, 6) is 0.203. The summed E-state index contributed by atoms with van der Waals surface area (Å²) in [7, 11) is 1.46. The van der Waals surface area contributed by atoms with E-state index in [4.69, 9.17) is 33.7 Å². The third kappa shape index (κ3) is 2.94. The monoisotopic (exact) mass is 413 g/mol. The maximum Gasteiger partial charge on any atom is 0.264 e. The first-order chi connectivity index (χ1) is 13.5. The maximum absolute atomic E-state index is 13.5. The molecule has 4 aromatic rings. The largest absolute Gasteiger partial charge is 0.480 e. The maximum atomic E-state index is 13.5. The molecule has 9 heteroatoms. The highest BCUT2D eigenvalue weighted by Crippen LogP contribution is 2.35. The zero-order chi connectivity index (χ0) is 19.8. The van der Waals surface area contributed by atoms with Crippen molar-refractivity contribution >= 4 is 40.2 Å². The number of fused-ring (bicyclic) bond motifs is 1. The van der Waals surface area contributed by atoms with E-state index in [-0.39, 0.29) is 28.6 Å². The van der Waals surface area contributed by atoms with E-state index in [1.165, 1.54) is 11.7 Å². The molecule has 0 unspecified atom stereocenters. The number of hydrogen-bond donors (Lipinski definition) is 1. The van der Waals surface area contributed by atoms with Crippen LogP contribution in [0.2, 0.25) is 10.0 Å². The van der Waals surface area contributed by atoms with E-state index >= 15 is 0 Å². The van der Waals surface area contributed by atoms with Crippen LogP contribution in [0.25, 0.3) is 27.8 Å². The average Bonchev–Trinajstić information content (AvgIpc) is 2.68. The summed E-state index contributed by atoms with van der Waals surface area (Å²) in [6, 6.07) is 10.1. The molecule has 1 aromatic carbocycles. The van der Waals surface area contributed by atoms with Crippen molar-refractivity contribution in [3.8, 4) is 22.7 Å². The fourth-order valence-electron chi connectivity index (χ4n) is 2.99. The van der Waals surface area contributed by atoms with E-state index in [1.807, 2.05) is 0 Å². The van der Waals surface area contributed by atoms with Crippen LogP contribution in [0.4, 0.5) is 5.95 Å². The van der Waals surface area contributed by atoms with Crippen LogP contribution in [-0.2, 0) is 0 Å². The Morgan fingerprint density at radius 3 is 2.50 bits per heavy atom. The number of anilines is 1. The number of rotatable bonds is 3. The lowest BCUT2D eigenvalue weighted by molar-refractivity contribution is 0.403. The quantitative estimate of drug-likeness (QED) is 0.549. The third-order valence-corrected chi connectivity index (χ3v) is 4.80. The van der Waals surface area contributed by atoms with Crippen LogP contribution in [0.5, 0.6) is 5.88 Å². The summed E-state index contributed by atoms with van der Waals surface area (Å²) >= 11 is 12.7. The predicted octanol–water partition coefficient (Wildman–Crippen LogP) is 3.74. The van der Waals surface area contributed by atoms with Gasteiger partial charge in [-0.3, -0.25) is 14.3 Å². The fraction of sp³-hybridized carbons (Fsp3) is 0.0526. The Labute approximate surface area is 169 Å². The highest BCUT2D eigenvalue weighted by molar-refractivity contribution is 6.39. The molecule has 3 aromatic heterocycles. The molecule has 0 saturated heterocycles. The zero-order valence-corrected chi connectivity index (χ0v) is 16.1. The Morgan fingerprint density at radius 1 is 1.11 bits per heavy atom. The van der Waals surface area contributed by atoms with Gasteiger partial charge < -0.3 is 10.5 Å². The number of benzene rings is 1. The number of nitrogens with zero attached hydrogens (tertiary/aromatic N) is 4. The molecule has 3 heterocycles. The number of nitrogens with two attached hydrogens (primary N) is 1. The molecule has 0 atom stereocenters. The van der Waals surface area contributed by atoms with E-state index in [0.29, 0.717) is 26.7 Å². The molecular formula is C19H13Cl2N5O2. The van der Waals surface area contributed by atoms with Gasteiger partial charge in [0, 0.05) is 11.8 Å². The Bertz CT molecular complexity index is 1240. The topological polar surface area (TPSA) is 95.9 Å². The molecule has 28 heavy (non-hydrogen) atoms. The van der Waals surface area contributed by atoms with E-state index in [0.717, 1.165) is 0 Å². The molecule has 0 radical (unpaired) electrons. The van der Waals surface area contributed by atoms with Crippen molar-refractivity contribution in [1.82, 2.24) is 19.5 Å². The summed E-state index contributed by atoms with van der Waals surface area (Å²) in [5, 5.41) is 1.17. The highest BCUT2D eigenvalue weighted by atomic mass is 35.5. The molecular weight excluding hydrogens is 401 g/mol. The Morgan fingerprint density at radius 2 is 1.86 bits per heavy atom. The number of ether oxygens (including phenoxy) is 1. The zero-order valence-electron chi connectivity index (χ0n) is 14.6. The summed E-state index contributed by atoms with van der Waals surface area (Å²) in [6.45, 7) is 0. The van der Waals surface area contributed by atoms with E-state index < -0.39 is 0 Å². The average molecular weight is 414 g/mol. The molecule has 7 nitrogen and oxygen atoms in total. The number of pyridine rings is 2. The molecule has 2 N–H and O–H groups in total. The summed E-state index contributed by atoms with van der Waals surface area (Å²) in [4.78, 5) is 25.9. The van der Waals surface area contributed by atoms with Crippen molar-refractivity contribution in [2.45, 2.75) is 0 Å². The molecule has 0 amide bonds. The van der Waals surface area contributed by atoms with E-state index in [2.05, 4.69) is 15.0 Å². The molecule has 0 bridgehead atoms. The minimum Gasteiger partial charge on any atom is -0.480 e. The van der Waals surface area contributed by atoms with Crippen molar-refractivity contribution in [2.75, 3.05) is 12.8 Å². The van der Waals surface area contributed by atoms with Gasteiger partial charge >= 0.3 is 0 Å². The van der Waals surface area contributed by atoms with E-state index in [1.54, 1.807) is 48.8 Å². The lowest BCUT2D eigenvalue weighted by Gasteiger charge is -2.15. The van der Waals surface area contributed by atoms with Gasteiger partial charge in [0.2, 0.25) is 11.8 Å². The van der Waals surface area contributed by atoms with Gasteiger partial charge in [0.05, 0.1) is 40.0 Å². The van der Waals surface area contributed by atoms with Crippen LogP contribution in [0, 0.1) is 0 Å². The first kappa shape index (κ1) is 18.2. The van der Waals surface area contributed by atoms with Gasteiger partial charge in [-0.1, -0.05) is 29.3 Å².